The van der Waals surface area contributed by atoms with E-state index in [9.17, 15) is 0 Å². The smallest absolute Gasteiger partial charge is 0.0666 e. The summed E-state index contributed by atoms with van der Waals surface area (Å²) in [6.45, 7) is 2.44. The zero-order valence-electron chi connectivity index (χ0n) is 13.3. The standard InChI is InChI=1S/C22H19Si/c1-23(22-15-7-11-18-9-3-5-14-21(18)22)16-19-12-6-10-17-8-2-4-13-20(17)19/h2-15H,16H2,1H3. The molecular weight excluding hydrogens is 292 g/mol. The van der Waals surface area contributed by atoms with Gasteiger partial charge in [-0.25, -0.2) is 0 Å². The van der Waals surface area contributed by atoms with E-state index in [0.29, 0.717) is 0 Å². The quantitative estimate of drug-likeness (QED) is 0.461. The summed E-state index contributed by atoms with van der Waals surface area (Å²) in [6, 6.07) is 32.1. The van der Waals surface area contributed by atoms with Crippen LogP contribution in [0.25, 0.3) is 21.5 Å². The first-order valence-corrected chi connectivity index (χ1v) is 10.3. The minimum absolute atomic E-state index is 0.635. The predicted octanol–water partition coefficient (Wildman–Crippen LogP) is 5.11. The maximum absolute atomic E-state index is 2.44. The molecule has 0 spiro atoms. The number of benzene rings is 4. The van der Waals surface area contributed by atoms with Crippen molar-refractivity contribution in [2.45, 2.75) is 12.6 Å². The average molecular weight is 311 g/mol. The van der Waals surface area contributed by atoms with E-state index in [4.69, 9.17) is 0 Å². The van der Waals surface area contributed by atoms with Crippen LogP contribution in [0.2, 0.25) is 6.55 Å². The Morgan fingerprint density at radius 1 is 0.609 bits per heavy atom. The Labute approximate surface area is 139 Å². The highest BCUT2D eigenvalue weighted by molar-refractivity contribution is 6.74. The second-order valence-electron chi connectivity index (χ2n) is 6.12. The Morgan fingerprint density at radius 2 is 1.17 bits per heavy atom. The third-order valence-electron chi connectivity index (χ3n) is 4.58. The van der Waals surface area contributed by atoms with Gasteiger partial charge in [0.05, 0.1) is 8.80 Å². The summed E-state index contributed by atoms with van der Waals surface area (Å²) < 4.78 is 0. The van der Waals surface area contributed by atoms with Gasteiger partial charge in [-0.1, -0.05) is 96.7 Å². The van der Waals surface area contributed by atoms with Crippen molar-refractivity contribution in [2.24, 2.45) is 0 Å². The van der Waals surface area contributed by atoms with E-state index in [1.165, 1.54) is 33.2 Å². The maximum atomic E-state index is 2.44. The molecule has 0 unspecified atom stereocenters. The van der Waals surface area contributed by atoms with Gasteiger partial charge in [-0.2, -0.15) is 0 Å². The van der Waals surface area contributed by atoms with Crippen molar-refractivity contribution in [2.75, 3.05) is 0 Å². The Kier molecular flexibility index (Phi) is 3.72. The van der Waals surface area contributed by atoms with Crippen molar-refractivity contribution in [3.05, 3.63) is 90.5 Å². The molecule has 0 atom stereocenters. The molecule has 0 N–H and O–H groups in total. The van der Waals surface area contributed by atoms with Crippen molar-refractivity contribution in [1.82, 2.24) is 0 Å². The molecule has 111 valence electrons. The fourth-order valence-electron chi connectivity index (χ4n) is 3.43. The van der Waals surface area contributed by atoms with Crippen molar-refractivity contribution < 1.29 is 0 Å². The Bertz CT molecular complexity index is 961. The fraction of sp³-hybridized carbons (Fsp3) is 0.0909. The molecule has 0 bridgehead atoms. The van der Waals surface area contributed by atoms with Crippen LogP contribution in [-0.4, -0.2) is 8.80 Å². The SMILES string of the molecule is C[Si](Cc1cccc2ccccc12)c1cccc2ccccc12. The van der Waals surface area contributed by atoms with Gasteiger partial charge < -0.3 is 0 Å². The third kappa shape index (κ3) is 2.69. The Hall–Kier alpha value is -2.38. The van der Waals surface area contributed by atoms with E-state index in [1.807, 2.05) is 0 Å². The summed E-state index contributed by atoms with van der Waals surface area (Å²) in [7, 11) is -0.635. The monoisotopic (exact) mass is 311 g/mol. The van der Waals surface area contributed by atoms with Gasteiger partial charge >= 0.3 is 0 Å². The van der Waals surface area contributed by atoms with E-state index >= 15 is 0 Å². The third-order valence-corrected chi connectivity index (χ3v) is 6.85. The molecule has 0 heterocycles. The summed E-state index contributed by atoms with van der Waals surface area (Å²) in [4.78, 5) is 0. The molecule has 4 aromatic carbocycles. The van der Waals surface area contributed by atoms with E-state index in [-0.39, 0.29) is 0 Å². The van der Waals surface area contributed by atoms with Crippen LogP contribution in [0.5, 0.6) is 0 Å². The summed E-state index contributed by atoms with van der Waals surface area (Å²) in [5, 5.41) is 7.07. The van der Waals surface area contributed by atoms with Gasteiger partial charge in [-0.15, -0.1) is 0 Å². The largest absolute Gasteiger partial charge is 0.0877 e. The lowest BCUT2D eigenvalue weighted by atomic mass is 10.1. The molecule has 0 fully saturated rings. The van der Waals surface area contributed by atoms with E-state index in [2.05, 4.69) is 91.5 Å². The number of fused-ring (bicyclic) bond motifs is 2. The molecule has 0 aromatic heterocycles. The van der Waals surface area contributed by atoms with Crippen LogP contribution in [0, 0.1) is 0 Å². The first-order valence-electron chi connectivity index (χ1n) is 8.10. The van der Waals surface area contributed by atoms with Crippen LogP contribution in [-0.2, 0) is 6.04 Å². The van der Waals surface area contributed by atoms with Crippen LogP contribution < -0.4 is 5.19 Å². The highest BCUT2D eigenvalue weighted by Gasteiger charge is 2.13. The first-order chi connectivity index (χ1) is 11.3. The lowest BCUT2D eigenvalue weighted by Crippen LogP contribution is -2.30. The molecule has 0 aliphatic heterocycles. The second-order valence-corrected chi connectivity index (χ2v) is 8.57. The van der Waals surface area contributed by atoms with Gasteiger partial charge in [-0.3, -0.25) is 0 Å². The van der Waals surface area contributed by atoms with E-state index in [1.54, 1.807) is 5.19 Å². The highest BCUT2D eigenvalue weighted by atomic mass is 28.3. The molecule has 23 heavy (non-hydrogen) atoms. The van der Waals surface area contributed by atoms with E-state index < -0.39 is 8.80 Å². The molecule has 1 heteroatoms. The molecule has 0 saturated heterocycles. The molecule has 0 amide bonds. The zero-order valence-corrected chi connectivity index (χ0v) is 14.3. The molecule has 4 rings (SSSR count). The minimum atomic E-state index is -0.635. The average Bonchev–Trinajstić information content (AvgIpc) is 2.61. The lowest BCUT2D eigenvalue weighted by molar-refractivity contribution is 1.40. The van der Waals surface area contributed by atoms with Crippen molar-refractivity contribution >= 4 is 35.5 Å². The molecule has 0 aliphatic rings. The molecule has 0 saturated carbocycles. The van der Waals surface area contributed by atoms with Crippen molar-refractivity contribution in [3.8, 4) is 0 Å². The molecular formula is C22H19Si. The lowest BCUT2D eigenvalue weighted by Gasteiger charge is -2.15. The van der Waals surface area contributed by atoms with Gasteiger partial charge in [0.15, 0.2) is 0 Å². The number of hydrogen-bond acceptors (Lipinski definition) is 0. The van der Waals surface area contributed by atoms with Gasteiger partial charge in [0.2, 0.25) is 0 Å². The fourth-order valence-corrected chi connectivity index (χ4v) is 5.56. The van der Waals surface area contributed by atoms with Gasteiger partial charge in [0.25, 0.3) is 0 Å². The molecule has 4 aromatic rings. The summed E-state index contributed by atoms with van der Waals surface area (Å²) in [5.74, 6) is 0. The number of rotatable bonds is 3. The van der Waals surface area contributed by atoms with Crippen LogP contribution in [0.15, 0.2) is 84.9 Å². The Morgan fingerprint density at radius 3 is 1.96 bits per heavy atom. The van der Waals surface area contributed by atoms with Crippen molar-refractivity contribution in [1.29, 1.82) is 0 Å². The second kappa shape index (κ2) is 6.02. The van der Waals surface area contributed by atoms with Crippen molar-refractivity contribution in [3.63, 3.8) is 0 Å². The van der Waals surface area contributed by atoms with Gasteiger partial charge in [0, 0.05) is 0 Å². The first kappa shape index (κ1) is 14.2. The van der Waals surface area contributed by atoms with Crippen LogP contribution in [0.4, 0.5) is 0 Å². The maximum Gasteiger partial charge on any atom is 0.0877 e. The molecule has 1 radical (unpaired) electrons. The minimum Gasteiger partial charge on any atom is -0.0666 e. The van der Waals surface area contributed by atoms with E-state index in [0.717, 1.165) is 0 Å². The van der Waals surface area contributed by atoms with Crippen LogP contribution in [0.3, 0.4) is 0 Å². The zero-order chi connectivity index (χ0) is 15.6. The van der Waals surface area contributed by atoms with Crippen LogP contribution in [0.1, 0.15) is 5.56 Å². The summed E-state index contributed by atoms with van der Waals surface area (Å²) in [5.41, 5.74) is 1.48. The molecule has 0 nitrogen and oxygen atoms in total. The normalized spacial score (nSPS) is 11.4. The van der Waals surface area contributed by atoms with Gasteiger partial charge in [-0.05, 0) is 33.2 Å². The van der Waals surface area contributed by atoms with Crippen LogP contribution >= 0.6 is 0 Å². The predicted molar refractivity (Wildman–Crippen MR) is 103 cm³/mol. The topological polar surface area (TPSA) is 0 Å². The number of hydrogen-bond donors (Lipinski definition) is 0. The summed E-state index contributed by atoms with van der Waals surface area (Å²) in [6.07, 6.45) is 0. The van der Waals surface area contributed by atoms with Gasteiger partial charge in [0.1, 0.15) is 0 Å². The highest BCUT2D eigenvalue weighted by Crippen LogP contribution is 2.20. The Balaban J connectivity index is 1.75. The summed E-state index contributed by atoms with van der Waals surface area (Å²) >= 11 is 0. The molecule has 0 aliphatic carbocycles.